The highest BCUT2D eigenvalue weighted by Gasteiger charge is 2.27. The van der Waals surface area contributed by atoms with Crippen LogP contribution < -0.4 is 5.32 Å². The normalized spacial score (nSPS) is 13.1. The van der Waals surface area contributed by atoms with Crippen molar-refractivity contribution >= 4 is 11.9 Å². The molecule has 4 N–H and O–H groups in total. The van der Waals surface area contributed by atoms with Gasteiger partial charge < -0.3 is 25.4 Å². The Labute approximate surface area is 474 Å². The van der Waals surface area contributed by atoms with Crippen LogP contribution in [0.5, 0.6) is 0 Å². The van der Waals surface area contributed by atoms with E-state index >= 15 is 0 Å². The molecule has 450 valence electrons. The van der Waals surface area contributed by atoms with Crippen molar-refractivity contribution in [3.05, 3.63) is 24.3 Å². The highest BCUT2D eigenvalue weighted by Crippen LogP contribution is 2.19. The second-order valence-corrected chi connectivity index (χ2v) is 23.7. The number of esters is 1. The van der Waals surface area contributed by atoms with Crippen LogP contribution in [0.25, 0.3) is 0 Å². The third-order valence-corrected chi connectivity index (χ3v) is 16.1. The number of unbranched alkanes of at least 4 members (excludes halogenated alkanes) is 48. The van der Waals surface area contributed by atoms with E-state index in [0.29, 0.717) is 25.9 Å². The zero-order valence-electron chi connectivity index (χ0n) is 51.1. The first kappa shape index (κ1) is 74.3. The van der Waals surface area contributed by atoms with Gasteiger partial charge in [-0.05, 0) is 57.8 Å². The van der Waals surface area contributed by atoms with E-state index in [1.807, 2.05) is 0 Å². The van der Waals surface area contributed by atoms with Gasteiger partial charge in [0.1, 0.15) is 6.10 Å². The van der Waals surface area contributed by atoms with Gasteiger partial charge in [-0.15, -0.1) is 0 Å². The number of carbonyl (C=O) groups is 2. The van der Waals surface area contributed by atoms with Crippen LogP contribution in [0.2, 0.25) is 0 Å². The highest BCUT2D eigenvalue weighted by atomic mass is 16.5. The van der Waals surface area contributed by atoms with E-state index < -0.39 is 18.2 Å². The molecule has 3 atom stereocenters. The largest absolute Gasteiger partial charge is 0.466 e. The highest BCUT2D eigenvalue weighted by molar-refractivity contribution is 5.76. The van der Waals surface area contributed by atoms with Gasteiger partial charge >= 0.3 is 5.97 Å². The van der Waals surface area contributed by atoms with Crippen molar-refractivity contribution in [3.8, 4) is 0 Å². The fourth-order valence-corrected chi connectivity index (χ4v) is 10.8. The number of aliphatic hydroxyl groups is 3. The lowest BCUT2D eigenvalue weighted by molar-refractivity contribution is -0.143. The number of amides is 1. The summed E-state index contributed by atoms with van der Waals surface area (Å²) in [6.45, 7) is 4.77. The van der Waals surface area contributed by atoms with Crippen LogP contribution in [0, 0.1) is 0 Å². The standard InChI is InChI=1S/C69H133NO6/c1-3-5-7-9-11-13-15-17-33-38-42-46-50-54-58-62-68(74)76-63-59-55-51-47-43-39-35-32-30-28-26-24-22-20-19-21-23-25-27-29-31-34-37-41-45-49-53-57-61-67(73)70-65(64-71)69(75)66(72)60-56-52-48-44-40-36-18-16-14-12-10-8-6-4-2/h11,13,17,33,65-66,69,71-72,75H,3-10,12,14-16,18-32,34-64H2,1-2H3,(H,70,73)/b13-11-,33-17-/t65-,66+,69-/m0/s1. The molecule has 0 unspecified atom stereocenters. The van der Waals surface area contributed by atoms with Crippen LogP contribution in [-0.2, 0) is 14.3 Å². The van der Waals surface area contributed by atoms with Gasteiger partial charge in [0.25, 0.3) is 0 Å². The average molecular weight is 1070 g/mol. The molecule has 0 aromatic rings. The number of rotatable bonds is 64. The van der Waals surface area contributed by atoms with Crippen molar-refractivity contribution in [1.29, 1.82) is 0 Å². The van der Waals surface area contributed by atoms with Gasteiger partial charge in [-0.25, -0.2) is 0 Å². The molecule has 0 aromatic carbocycles. The molecule has 0 aliphatic carbocycles. The van der Waals surface area contributed by atoms with E-state index in [4.69, 9.17) is 4.74 Å². The number of allylic oxidation sites excluding steroid dienone is 4. The SMILES string of the molecule is CCCCC/C=C\C/C=C\CCCCCCCC(=O)OCCCCCCCCCCCCCCCCCCCCCCCCCCCCCCC(=O)N[C@@H](CO)[C@H](O)[C@H](O)CCCCCCCCCCCCCCCC. The minimum absolute atomic E-state index is 0.00242. The van der Waals surface area contributed by atoms with Gasteiger partial charge in [-0.3, -0.25) is 9.59 Å². The third kappa shape index (κ3) is 58.4. The van der Waals surface area contributed by atoms with E-state index in [1.54, 1.807) is 0 Å². The quantitative estimate of drug-likeness (QED) is 0.0274. The van der Waals surface area contributed by atoms with Gasteiger partial charge in [-0.2, -0.15) is 0 Å². The summed E-state index contributed by atoms with van der Waals surface area (Å²) < 4.78 is 5.48. The van der Waals surface area contributed by atoms with E-state index in [1.165, 1.54) is 276 Å². The molecule has 0 saturated carbocycles. The van der Waals surface area contributed by atoms with Crippen LogP contribution in [0.3, 0.4) is 0 Å². The fourth-order valence-electron chi connectivity index (χ4n) is 10.8. The van der Waals surface area contributed by atoms with E-state index in [9.17, 15) is 24.9 Å². The predicted octanol–water partition coefficient (Wildman–Crippen LogP) is 20.7. The second-order valence-electron chi connectivity index (χ2n) is 23.7. The maximum atomic E-state index is 12.5. The summed E-state index contributed by atoms with van der Waals surface area (Å²) in [4.78, 5) is 24.6. The molecule has 0 spiro atoms. The van der Waals surface area contributed by atoms with Gasteiger partial charge in [-0.1, -0.05) is 327 Å². The number of ether oxygens (including phenoxy) is 1. The molecule has 0 heterocycles. The molecule has 1 amide bonds. The lowest BCUT2D eigenvalue weighted by Gasteiger charge is -2.26. The first-order valence-electron chi connectivity index (χ1n) is 34.2. The van der Waals surface area contributed by atoms with Gasteiger partial charge in [0.2, 0.25) is 5.91 Å². The molecule has 0 aromatic heterocycles. The summed E-state index contributed by atoms with van der Waals surface area (Å²) in [7, 11) is 0. The molecule has 0 rings (SSSR count). The molecule has 0 bridgehead atoms. The van der Waals surface area contributed by atoms with Crippen LogP contribution in [0.15, 0.2) is 24.3 Å². The van der Waals surface area contributed by atoms with Crippen LogP contribution in [-0.4, -0.2) is 58.7 Å². The smallest absolute Gasteiger partial charge is 0.305 e. The molecule has 0 aliphatic heterocycles. The molecule has 0 saturated heterocycles. The second kappa shape index (κ2) is 64.1. The Kier molecular flexibility index (Phi) is 62.7. The Hall–Kier alpha value is -1.70. The summed E-state index contributed by atoms with van der Waals surface area (Å²) in [6, 6.07) is -0.812. The molecular weight excluding hydrogens is 939 g/mol. The third-order valence-electron chi connectivity index (χ3n) is 16.1. The molecule has 76 heavy (non-hydrogen) atoms. The molecule has 0 aliphatic rings. The summed E-state index contributed by atoms with van der Waals surface area (Å²) in [5.74, 6) is -0.140. The van der Waals surface area contributed by atoms with Gasteiger partial charge in [0, 0.05) is 12.8 Å². The van der Waals surface area contributed by atoms with Crippen molar-refractivity contribution in [2.45, 2.75) is 392 Å². The van der Waals surface area contributed by atoms with Crippen molar-refractivity contribution in [3.63, 3.8) is 0 Å². The minimum atomic E-state index is -1.14. The van der Waals surface area contributed by atoms with Gasteiger partial charge in [0.15, 0.2) is 0 Å². The lowest BCUT2D eigenvalue weighted by atomic mass is 9.99. The average Bonchev–Trinajstić information content (AvgIpc) is 3.42. The van der Waals surface area contributed by atoms with Crippen molar-refractivity contribution < 1.29 is 29.6 Å². The zero-order valence-corrected chi connectivity index (χ0v) is 51.1. The topological polar surface area (TPSA) is 116 Å². The van der Waals surface area contributed by atoms with Crippen molar-refractivity contribution in [2.75, 3.05) is 13.2 Å². The van der Waals surface area contributed by atoms with Crippen LogP contribution >= 0.6 is 0 Å². The molecule has 7 heteroatoms. The van der Waals surface area contributed by atoms with Crippen molar-refractivity contribution in [2.24, 2.45) is 0 Å². The monoisotopic (exact) mass is 1070 g/mol. The summed E-state index contributed by atoms with van der Waals surface area (Å²) in [5, 5.41) is 33.8. The molecule has 7 nitrogen and oxygen atoms in total. The Morgan fingerprint density at radius 1 is 0.382 bits per heavy atom. The lowest BCUT2D eigenvalue weighted by Crippen LogP contribution is -2.50. The Morgan fingerprint density at radius 2 is 0.684 bits per heavy atom. The maximum absolute atomic E-state index is 12.5. The molecule has 0 radical (unpaired) electrons. The number of carbonyl (C=O) groups excluding carboxylic acids is 2. The first-order chi connectivity index (χ1) is 37.5. The number of hydrogen-bond donors (Lipinski definition) is 4. The number of nitrogens with one attached hydrogen (secondary N) is 1. The zero-order chi connectivity index (χ0) is 55.1. The predicted molar refractivity (Wildman–Crippen MR) is 330 cm³/mol. The molecular formula is C69H133NO6. The first-order valence-corrected chi connectivity index (χ1v) is 34.2. The van der Waals surface area contributed by atoms with Crippen molar-refractivity contribution in [1.82, 2.24) is 5.32 Å². The summed E-state index contributed by atoms with van der Waals surface area (Å²) in [6.07, 6.45) is 76.7. The molecule has 0 fully saturated rings. The number of hydrogen-bond acceptors (Lipinski definition) is 6. The Bertz CT molecular complexity index is 1210. The van der Waals surface area contributed by atoms with E-state index in [0.717, 1.165) is 64.2 Å². The number of aliphatic hydroxyl groups excluding tert-OH is 3. The Morgan fingerprint density at radius 3 is 1.07 bits per heavy atom. The van der Waals surface area contributed by atoms with E-state index in [-0.39, 0.29) is 18.5 Å². The summed E-state index contributed by atoms with van der Waals surface area (Å²) >= 11 is 0. The minimum Gasteiger partial charge on any atom is -0.466 e. The maximum Gasteiger partial charge on any atom is 0.305 e. The fraction of sp³-hybridized carbons (Fsp3) is 0.913. The summed E-state index contributed by atoms with van der Waals surface area (Å²) in [5.41, 5.74) is 0. The van der Waals surface area contributed by atoms with Crippen LogP contribution in [0.4, 0.5) is 0 Å². The Balaban J connectivity index is 3.38. The van der Waals surface area contributed by atoms with E-state index in [2.05, 4.69) is 43.5 Å². The van der Waals surface area contributed by atoms with Crippen LogP contribution in [0.1, 0.15) is 373 Å². The van der Waals surface area contributed by atoms with Gasteiger partial charge in [0.05, 0.1) is 25.4 Å².